The van der Waals surface area contributed by atoms with Gasteiger partial charge in [-0.15, -0.1) is 0 Å². The first-order valence-corrected chi connectivity index (χ1v) is 10.6. The van der Waals surface area contributed by atoms with Crippen molar-refractivity contribution in [3.63, 3.8) is 0 Å². The molecule has 2 heterocycles. The van der Waals surface area contributed by atoms with Gasteiger partial charge in [0.15, 0.2) is 5.43 Å². The fraction of sp³-hybridized carbons (Fsp3) is 0.0435. The Morgan fingerprint density at radius 2 is 1.78 bits per heavy atom. The van der Waals surface area contributed by atoms with Gasteiger partial charge in [0.2, 0.25) is 5.76 Å². The van der Waals surface area contributed by atoms with Crippen molar-refractivity contribution in [2.75, 3.05) is 4.90 Å². The summed E-state index contributed by atoms with van der Waals surface area (Å²) in [6, 6.07) is 16.7. The van der Waals surface area contributed by atoms with Crippen LogP contribution in [0.4, 0.5) is 11.4 Å². The highest BCUT2D eigenvalue weighted by Gasteiger charge is 2.43. The minimum atomic E-state index is -0.827. The smallest absolute Gasteiger partial charge is 0.295 e. The number of benzene rings is 3. The summed E-state index contributed by atoms with van der Waals surface area (Å²) in [4.78, 5) is 39.0. The third kappa shape index (κ3) is 3.19. The van der Waals surface area contributed by atoms with E-state index in [9.17, 15) is 19.7 Å². The van der Waals surface area contributed by atoms with Gasteiger partial charge < -0.3 is 4.42 Å². The lowest BCUT2D eigenvalue weighted by molar-refractivity contribution is -0.384. The number of hydrogen-bond acceptors (Lipinski definition) is 5. The van der Waals surface area contributed by atoms with Crippen molar-refractivity contribution in [3.05, 3.63) is 113 Å². The maximum absolute atomic E-state index is 13.5. The Balaban J connectivity index is 1.80. The number of hydrogen-bond donors (Lipinski definition) is 0. The predicted octanol–water partition coefficient (Wildman–Crippen LogP) is 5.87. The molecule has 1 atom stereocenters. The van der Waals surface area contributed by atoms with Crippen LogP contribution in [-0.4, -0.2) is 10.8 Å². The minimum Gasteiger partial charge on any atom is -0.450 e. The molecule has 0 saturated carbocycles. The van der Waals surface area contributed by atoms with E-state index in [1.807, 2.05) is 6.07 Å². The molecule has 0 radical (unpaired) electrons. The number of rotatable bonds is 3. The molecule has 0 aliphatic carbocycles. The summed E-state index contributed by atoms with van der Waals surface area (Å²) < 4.78 is 6.63. The minimum absolute atomic E-state index is 0.0619. The Kier molecular flexibility index (Phi) is 4.83. The summed E-state index contributed by atoms with van der Waals surface area (Å²) in [5.74, 6) is -0.538. The van der Waals surface area contributed by atoms with Crippen LogP contribution in [0.15, 0.2) is 80.4 Å². The van der Waals surface area contributed by atoms with Gasteiger partial charge >= 0.3 is 0 Å². The fourth-order valence-electron chi connectivity index (χ4n) is 3.93. The molecule has 158 valence electrons. The first-order chi connectivity index (χ1) is 15.3. The van der Waals surface area contributed by atoms with E-state index in [0.717, 1.165) is 4.47 Å². The van der Waals surface area contributed by atoms with Gasteiger partial charge in [0.25, 0.3) is 11.6 Å². The molecule has 1 unspecified atom stereocenters. The summed E-state index contributed by atoms with van der Waals surface area (Å²) in [7, 11) is 0. The second kappa shape index (κ2) is 7.58. The first-order valence-electron chi connectivity index (χ1n) is 9.45. The van der Waals surface area contributed by atoms with Crippen LogP contribution in [0.25, 0.3) is 11.0 Å². The molecule has 0 bridgehead atoms. The van der Waals surface area contributed by atoms with E-state index in [2.05, 4.69) is 15.9 Å². The molecule has 0 spiro atoms. The SMILES string of the molecule is O=C1c2oc3ccc(Cl)cc3c(=O)c2C(c2ccc([N+](=O)[O-])cc2)N1c1cccc(Br)c1. The molecule has 7 nitrogen and oxygen atoms in total. The Morgan fingerprint density at radius 3 is 2.47 bits per heavy atom. The monoisotopic (exact) mass is 510 g/mol. The summed E-state index contributed by atoms with van der Waals surface area (Å²) in [5.41, 5.74) is 1.03. The number of non-ortho nitro benzene ring substituents is 1. The number of nitro groups is 1. The molecule has 3 aromatic carbocycles. The molecule has 0 saturated heterocycles. The zero-order valence-electron chi connectivity index (χ0n) is 16.1. The summed E-state index contributed by atoms with van der Waals surface area (Å²) in [6.07, 6.45) is 0. The average molecular weight is 512 g/mol. The molecule has 1 aliphatic heterocycles. The van der Waals surface area contributed by atoms with E-state index >= 15 is 0 Å². The molecule has 0 fully saturated rings. The van der Waals surface area contributed by atoms with Crippen LogP contribution in [0.1, 0.15) is 27.7 Å². The maximum atomic E-state index is 13.5. The van der Waals surface area contributed by atoms with Crippen LogP contribution in [0.5, 0.6) is 0 Å². The Bertz CT molecular complexity index is 1480. The summed E-state index contributed by atoms with van der Waals surface area (Å²) >= 11 is 9.50. The Hall–Kier alpha value is -3.49. The largest absolute Gasteiger partial charge is 0.450 e. The van der Waals surface area contributed by atoms with Crippen molar-refractivity contribution in [2.24, 2.45) is 0 Å². The molecule has 32 heavy (non-hydrogen) atoms. The zero-order chi connectivity index (χ0) is 22.6. The summed E-state index contributed by atoms with van der Waals surface area (Å²) in [6.45, 7) is 0. The van der Waals surface area contributed by atoms with E-state index in [1.54, 1.807) is 30.3 Å². The van der Waals surface area contributed by atoms with Crippen molar-refractivity contribution in [2.45, 2.75) is 6.04 Å². The van der Waals surface area contributed by atoms with Crippen molar-refractivity contribution in [3.8, 4) is 0 Å². The van der Waals surface area contributed by atoms with Crippen molar-refractivity contribution in [1.82, 2.24) is 0 Å². The number of nitrogens with zero attached hydrogens (tertiary/aromatic N) is 2. The zero-order valence-corrected chi connectivity index (χ0v) is 18.5. The molecule has 1 aromatic heterocycles. The molecule has 4 aromatic rings. The Morgan fingerprint density at radius 1 is 1.03 bits per heavy atom. The van der Waals surface area contributed by atoms with Gasteiger partial charge in [0.05, 0.1) is 21.9 Å². The second-order valence-electron chi connectivity index (χ2n) is 7.22. The topological polar surface area (TPSA) is 93.7 Å². The quantitative estimate of drug-likeness (QED) is 0.253. The third-order valence-electron chi connectivity index (χ3n) is 5.34. The van der Waals surface area contributed by atoms with Crippen molar-refractivity contribution in [1.29, 1.82) is 0 Å². The van der Waals surface area contributed by atoms with Crippen LogP contribution in [0.2, 0.25) is 5.02 Å². The molecule has 1 amide bonds. The highest BCUT2D eigenvalue weighted by Crippen LogP contribution is 2.42. The number of carbonyl (C=O) groups is 1. The molecule has 1 aliphatic rings. The highest BCUT2D eigenvalue weighted by atomic mass is 79.9. The lowest BCUT2D eigenvalue weighted by Crippen LogP contribution is -2.29. The van der Waals surface area contributed by atoms with E-state index < -0.39 is 16.9 Å². The van der Waals surface area contributed by atoms with Gasteiger partial charge in [-0.1, -0.05) is 33.6 Å². The van der Waals surface area contributed by atoms with Gasteiger partial charge in [0.1, 0.15) is 5.58 Å². The van der Waals surface area contributed by atoms with Crippen molar-refractivity contribution >= 4 is 55.8 Å². The average Bonchev–Trinajstić information content (AvgIpc) is 3.07. The van der Waals surface area contributed by atoms with E-state index in [4.69, 9.17) is 16.0 Å². The second-order valence-corrected chi connectivity index (χ2v) is 8.57. The first kappa shape index (κ1) is 20.4. The van der Waals surface area contributed by atoms with Gasteiger partial charge in [-0.25, -0.2) is 0 Å². The van der Waals surface area contributed by atoms with E-state index in [1.165, 1.54) is 35.2 Å². The molecule has 9 heteroatoms. The van der Waals surface area contributed by atoms with E-state index in [-0.39, 0.29) is 33.4 Å². The number of nitro benzene ring substituents is 1. The van der Waals surface area contributed by atoms with Crippen LogP contribution in [0, 0.1) is 10.1 Å². The lowest BCUT2D eigenvalue weighted by atomic mass is 9.98. The fourth-order valence-corrected chi connectivity index (χ4v) is 4.49. The predicted molar refractivity (Wildman–Crippen MR) is 123 cm³/mol. The molecular formula is C23H12BrClN2O5. The third-order valence-corrected chi connectivity index (χ3v) is 6.07. The molecular weight excluding hydrogens is 500 g/mol. The van der Waals surface area contributed by atoms with Gasteiger partial charge in [-0.3, -0.25) is 24.6 Å². The van der Waals surface area contributed by atoms with Gasteiger partial charge in [-0.05, 0) is 54.1 Å². The van der Waals surface area contributed by atoms with Crippen molar-refractivity contribution < 1.29 is 14.1 Å². The molecule has 5 rings (SSSR count). The maximum Gasteiger partial charge on any atom is 0.295 e. The number of anilines is 1. The van der Waals surface area contributed by atoms with Gasteiger partial charge in [-0.2, -0.15) is 0 Å². The number of amides is 1. The van der Waals surface area contributed by atoms with Crippen LogP contribution in [-0.2, 0) is 0 Å². The Labute approximate surface area is 194 Å². The standard InChI is InChI=1S/C23H12BrClN2O5/c24-13-2-1-3-16(10-13)26-20(12-4-7-15(8-5-12)27(30)31)19-21(28)17-11-14(25)6-9-18(17)32-22(19)23(26)29/h1-11,20H. The number of halogens is 2. The van der Waals surface area contributed by atoms with Crippen LogP contribution < -0.4 is 10.3 Å². The summed E-state index contributed by atoms with van der Waals surface area (Å²) in [5, 5.41) is 11.7. The van der Waals surface area contributed by atoms with Gasteiger partial charge in [0, 0.05) is 27.3 Å². The lowest BCUT2D eigenvalue weighted by Gasteiger charge is -2.25. The van der Waals surface area contributed by atoms with Crippen LogP contribution >= 0.6 is 27.5 Å². The van der Waals surface area contributed by atoms with Crippen LogP contribution in [0.3, 0.4) is 0 Å². The normalized spacial score (nSPS) is 15.2. The highest BCUT2D eigenvalue weighted by molar-refractivity contribution is 9.10. The van der Waals surface area contributed by atoms with E-state index in [0.29, 0.717) is 16.3 Å². The molecule has 0 N–H and O–H groups in total. The number of fused-ring (bicyclic) bond motifs is 2. The number of carbonyl (C=O) groups excluding carboxylic acids is 1.